The molecule has 7 heteroatoms. The Hall–Kier alpha value is -2.70. The van der Waals surface area contributed by atoms with Gasteiger partial charge in [0, 0.05) is 36.2 Å². The van der Waals surface area contributed by atoms with E-state index in [1.165, 1.54) is 0 Å². The smallest absolute Gasteiger partial charge is 0.126 e. The fourth-order valence-electron chi connectivity index (χ4n) is 3.59. The van der Waals surface area contributed by atoms with Crippen LogP contribution in [-0.4, -0.2) is 27.0 Å². The monoisotopic (exact) mass is 408 g/mol. The Kier molecular flexibility index (Phi) is 6.22. The molecule has 3 aromatic heterocycles. The average Bonchev–Trinajstić information content (AvgIpc) is 2.76. The van der Waals surface area contributed by atoms with Crippen LogP contribution in [0, 0.1) is 0 Å². The Labute approximate surface area is 175 Å². The van der Waals surface area contributed by atoms with Gasteiger partial charge in [0.1, 0.15) is 11.6 Å². The number of nitrogens with one attached hydrogen (secondary N) is 2. The molecule has 1 saturated carbocycles. The summed E-state index contributed by atoms with van der Waals surface area (Å²) in [5, 5.41) is 7.46. The van der Waals surface area contributed by atoms with E-state index in [9.17, 15) is 0 Å². The molecule has 0 aliphatic heterocycles. The lowest BCUT2D eigenvalue weighted by Gasteiger charge is -2.27. The number of nitrogens with two attached hydrogens (primary N) is 1. The van der Waals surface area contributed by atoms with E-state index >= 15 is 0 Å². The highest BCUT2D eigenvalue weighted by molar-refractivity contribution is 6.33. The lowest BCUT2D eigenvalue weighted by Crippen LogP contribution is -2.33. The second-order valence-electron chi connectivity index (χ2n) is 7.41. The number of hydrogen-bond donors (Lipinski definition) is 3. The highest BCUT2D eigenvalue weighted by Gasteiger charge is 2.19. The molecular weight excluding hydrogens is 384 g/mol. The van der Waals surface area contributed by atoms with Crippen molar-refractivity contribution in [3.05, 3.63) is 65.7 Å². The third-order valence-corrected chi connectivity index (χ3v) is 5.53. The second-order valence-corrected chi connectivity index (χ2v) is 7.82. The summed E-state index contributed by atoms with van der Waals surface area (Å²) in [6.07, 6.45) is 9.50. The van der Waals surface area contributed by atoms with Gasteiger partial charge in [0.15, 0.2) is 0 Å². The van der Waals surface area contributed by atoms with Gasteiger partial charge in [0.25, 0.3) is 0 Å². The Bertz CT molecular complexity index is 941. The SMILES string of the molecule is NC1CCC(Nc2cc(-c3ccnc(NCc4ccccn4)c3)c(Cl)cn2)CC1. The first-order chi connectivity index (χ1) is 14.2. The molecule has 1 aliphatic carbocycles. The summed E-state index contributed by atoms with van der Waals surface area (Å²) in [4.78, 5) is 13.2. The van der Waals surface area contributed by atoms with Crippen LogP contribution in [0.25, 0.3) is 11.1 Å². The third kappa shape index (κ3) is 5.22. The van der Waals surface area contributed by atoms with Gasteiger partial charge in [-0.1, -0.05) is 17.7 Å². The number of nitrogens with zero attached hydrogens (tertiary/aromatic N) is 3. The van der Waals surface area contributed by atoms with Crippen LogP contribution in [-0.2, 0) is 6.54 Å². The topological polar surface area (TPSA) is 88.8 Å². The number of rotatable bonds is 6. The van der Waals surface area contributed by atoms with Gasteiger partial charge in [-0.25, -0.2) is 9.97 Å². The van der Waals surface area contributed by atoms with Crippen molar-refractivity contribution in [2.45, 2.75) is 44.3 Å². The van der Waals surface area contributed by atoms with Crippen LogP contribution in [0.1, 0.15) is 31.4 Å². The first-order valence-electron chi connectivity index (χ1n) is 9.95. The van der Waals surface area contributed by atoms with E-state index in [1.807, 2.05) is 36.4 Å². The van der Waals surface area contributed by atoms with E-state index in [4.69, 9.17) is 17.3 Å². The summed E-state index contributed by atoms with van der Waals surface area (Å²) in [5.41, 5.74) is 8.89. The van der Waals surface area contributed by atoms with E-state index in [-0.39, 0.29) is 0 Å². The molecular formula is C22H25ClN6. The maximum Gasteiger partial charge on any atom is 0.126 e. The van der Waals surface area contributed by atoms with Crippen molar-refractivity contribution in [1.29, 1.82) is 0 Å². The molecule has 29 heavy (non-hydrogen) atoms. The van der Waals surface area contributed by atoms with Crippen molar-refractivity contribution in [2.24, 2.45) is 5.73 Å². The molecule has 0 amide bonds. The summed E-state index contributed by atoms with van der Waals surface area (Å²) in [6.45, 7) is 0.609. The van der Waals surface area contributed by atoms with Gasteiger partial charge in [0.05, 0.1) is 17.3 Å². The molecule has 3 heterocycles. The molecule has 0 atom stereocenters. The van der Waals surface area contributed by atoms with Gasteiger partial charge in [-0.3, -0.25) is 4.98 Å². The van der Waals surface area contributed by atoms with Crippen LogP contribution in [0.4, 0.5) is 11.6 Å². The number of hydrogen-bond acceptors (Lipinski definition) is 6. The van der Waals surface area contributed by atoms with Crippen LogP contribution >= 0.6 is 11.6 Å². The maximum absolute atomic E-state index is 6.46. The Morgan fingerprint density at radius 1 is 0.966 bits per heavy atom. The molecule has 4 N–H and O–H groups in total. The number of aromatic nitrogens is 3. The van der Waals surface area contributed by atoms with Gasteiger partial charge in [0.2, 0.25) is 0 Å². The second kappa shape index (κ2) is 9.20. The highest BCUT2D eigenvalue weighted by atomic mass is 35.5. The first kappa shape index (κ1) is 19.6. The zero-order chi connectivity index (χ0) is 20.1. The van der Waals surface area contributed by atoms with Crippen LogP contribution in [0.15, 0.2) is 55.0 Å². The minimum absolute atomic E-state index is 0.329. The average molecular weight is 409 g/mol. The minimum atomic E-state index is 0.329. The fraction of sp³-hybridized carbons (Fsp3) is 0.318. The number of anilines is 2. The van der Waals surface area contributed by atoms with Crippen molar-refractivity contribution in [3.63, 3.8) is 0 Å². The summed E-state index contributed by atoms with van der Waals surface area (Å²) in [6, 6.07) is 12.5. The van der Waals surface area contributed by atoms with E-state index < -0.39 is 0 Å². The van der Waals surface area contributed by atoms with Gasteiger partial charge >= 0.3 is 0 Å². The van der Waals surface area contributed by atoms with Crippen molar-refractivity contribution in [1.82, 2.24) is 15.0 Å². The quantitative estimate of drug-likeness (QED) is 0.557. The molecule has 0 unspecified atom stereocenters. The Morgan fingerprint density at radius 3 is 2.62 bits per heavy atom. The molecule has 150 valence electrons. The molecule has 0 spiro atoms. The summed E-state index contributed by atoms with van der Waals surface area (Å²) in [7, 11) is 0. The normalized spacial score (nSPS) is 19.0. The largest absolute Gasteiger partial charge is 0.367 e. The number of pyridine rings is 3. The first-order valence-corrected chi connectivity index (χ1v) is 10.3. The molecule has 0 saturated heterocycles. The Morgan fingerprint density at radius 2 is 1.83 bits per heavy atom. The van der Waals surface area contributed by atoms with Gasteiger partial charge in [-0.05, 0) is 61.6 Å². The zero-order valence-electron chi connectivity index (χ0n) is 16.2. The van der Waals surface area contributed by atoms with Gasteiger partial charge in [-0.15, -0.1) is 0 Å². The molecule has 0 radical (unpaired) electrons. The molecule has 1 fully saturated rings. The van der Waals surface area contributed by atoms with Crippen LogP contribution < -0.4 is 16.4 Å². The summed E-state index contributed by atoms with van der Waals surface area (Å²) < 4.78 is 0. The predicted octanol–water partition coefficient (Wildman–Crippen LogP) is 4.49. The summed E-state index contributed by atoms with van der Waals surface area (Å²) in [5.74, 6) is 1.61. The van der Waals surface area contributed by atoms with Gasteiger partial charge < -0.3 is 16.4 Å². The van der Waals surface area contributed by atoms with Crippen molar-refractivity contribution < 1.29 is 0 Å². The molecule has 4 rings (SSSR count). The van der Waals surface area contributed by atoms with Crippen LogP contribution in [0.5, 0.6) is 0 Å². The maximum atomic E-state index is 6.46. The Balaban J connectivity index is 1.48. The van der Waals surface area contributed by atoms with Crippen LogP contribution in [0.2, 0.25) is 5.02 Å². The number of halogens is 1. The lowest BCUT2D eigenvalue weighted by molar-refractivity contribution is 0.410. The third-order valence-electron chi connectivity index (χ3n) is 5.23. The zero-order valence-corrected chi connectivity index (χ0v) is 16.9. The van der Waals surface area contributed by atoms with Gasteiger partial charge in [-0.2, -0.15) is 0 Å². The van der Waals surface area contributed by atoms with E-state index in [1.54, 1.807) is 18.6 Å². The molecule has 1 aliphatic rings. The standard InChI is InChI=1S/C22H25ClN6/c23-20-14-28-22(29-17-6-4-16(24)5-7-17)12-19(20)15-8-10-26-21(11-15)27-13-18-3-1-2-9-25-18/h1-3,8-12,14,16-17H,4-7,13,24H2,(H,26,27)(H,28,29). The summed E-state index contributed by atoms with van der Waals surface area (Å²) >= 11 is 6.46. The van der Waals surface area contributed by atoms with Crippen molar-refractivity contribution in [3.8, 4) is 11.1 Å². The highest BCUT2D eigenvalue weighted by Crippen LogP contribution is 2.31. The minimum Gasteiger partial charge on any atom is -0.367 e. The van der Waals surface area contributed by atoms with Crippen LogP contribution in [0.3, 0.4) is 0 Å². The van der Waals surface area contributed by atoms with E-state index in [2.05, 4.69) is 25.6 Å². The molecule has 6 nitrogen and oxygen atoms in total. The predicted molar refractivity (Wildman–Crippen MR) is 118 cm³/mol. The molecule has 0 aromatic carbocycles. The van der Waals surface area contributed by atoms with E-state index in [0.717, 1.165) is 54.1 Å². The van der Waals surface area contributed by atoms with Crippen molar-refractivity contribution in [2.75, 3.05) is 10.6 Å². The molecule has 0 bridgehead atoms. The lowest BCUT2D eigenvalue weighted by atomic mass is 9.92. The van der Waals surface area contributed by atoms with E-state index in [0.29, 0.717) is 23.7 Å². The fourth-order valence-corrected chi connectivity index (χ4v) is 3.80. The molecule has 3 aromatic rings. The van der Waals surface area contributed by atoms with Crippen molar-refractivity contribution >= 4 is 23.2 Å².